The standard InChI is InChI=1S/C20H22FN3O4S/c1-13(2)23-29(27,28)16-9-7-15(8-10-16)22-20(26)14-11-19(25)24(12-14)18-6-4-3-5-17(18)21/h3-10,13-14,23H,11-12H2,1-2H3,(H,22,26). The van der Waals surface area contributed by atoms with Crippen LogP contribution < -0.4 is 14.9 Å². The first-order valence-electron chi connectivity index (χ1n) is 9.15. The van der Waals surface area contributed by atoms with Crippen molar-refractivity contribution in [1.82, 2.24) is 4.72 Å². The summed E-state index contributed by atoms with van der Waals surface area (Å²) in [6, 6.07) is 11.4. The predicted octanol–water partition coefficient (Wildman–Crippen LogP) is 2.50. The number of anilines is 2. The Kier molecular flexibility index (Phi) is 5.99. The van der Waals surface area contributed by atoms with E-state index in [4.69, 9.17) is 0 Å². The van der Waals surface area contributed by atoms with Crippen molar-refractivity contribution >= 4 is 33.2 Å². The molecular weight excluding hydrogens is 397 g/mol. The number of amides is 2. The maximum atomic E-state index is 14.0. The lowest BCUT2D eigenvalue weighted by Crippen LogP contribution is -2.30. The molecule has 2 amide bonds. The van der Waals surface area contributed by atoms with Crippen molar-refractivity contribution in [3.8, 4) is 0 Å². The van der Waals surface area contributed by atoms with Gasteiger partial charge in [-0.3, -0.25) is 9.59 Å². The highest BCUT2D eigenvalue weighted by atomic mass is 32.2. The van der Waals surface area contributed by atoms with Crippen LogP contribution in [0, 0.1) is 11.7 Å². The van der Waals surface area contributed by atoms with E-state index in [0.717, 1.165) is 0 Å². The van der Waals surface area contributed by atoms with Crippen molar-refractivity contribution in [3.05, 3.63) is 54.3 Å². The largest absolute Gasteiger partial charge is 0.326 e. The Bertz CT molecular complexity index is 1020. The summed E-state index contributed by atoms with van der Waals surface area (Å²) in [6.45, 7) is 3.52. The van der Waals surface area contributed by atoms with Crippen LogP contribution in [-0.4, -0.2) is 32.8 Å². The topological polar surface area (TPSA) is 95.6 Å². The second kappa shape index (κ2) is 8.30. The van der Waals surface area contributed by atoms with Crippen LogP contribution in [0.15, 0.2) is 53.4 Å². The maximum Gasteiger partial charge on any atom is 0.240 e. The van der Waals surface area contributed by atoms with E-state index in [-0.39, 0.29) is 41.4 Å². The number of para-hydroxylation sites is 1. The molecule has 0 aliphatic carbocycles. The lowest BCUT2D eigenvalue weighted by atomic mass is 10.1. The summed E-state index contributed by atoms with van der Waals surface area (Å²) in [5.74, 6) is -1.86. The minimum absolute atomic E-state index is 0.0229. The van der Waals surface area contributed by atoms with E-state index in [1.54, 1.807) is 19.9 Å². The molecular formula is C20H22FN3O4S. The molecule has 0 radical (unpaired) electrons. The van der Waals surface area contributed by atoms with E-state index >= 15 is 0 Å². The first kappa shape index (κ1) is 20.9. The summed E-state index contributed by atoms with van der Waals surface area (Å²) in [7, 11) is -3.62. The summed E-state index contributed by atoms with van der Waals surface area (Å²) >= 11 is 0. The maximum absolute atomic E-state index is 14.0. The molecule has 1 fully saturated rings. The predicted molar refractivity (Wildman–Crippen MR) is 107 cm³/mol. The van der Waals surface area contributed by atoms with Crippen LogP contribution in [0.1, 0.15) is 20.3 Å². The van der Waals surface area contributed by atoms with E-state index in [1.807, 2.05) is 0 Å². The summed E-state index contributed by atoms with van der Waals surface area (Å²) in [4.78, 5) is 26.1. The lowest BCUT2D eigenvalue weighted by Gasteiger charge is -2.17. The summed E-state index contributed by atoms with van der Waals surface area (Å²) in [5, 5.41) is 2.68. The number of carbonyl (C=O) groups excluding carboxylic acids is 2. The monoisotopic (exact) mass is 419 g/mol. The minimum atomic E-state index is -3.62. The molecule has 1 aliphatic rings. The van der Waals surface area contributed by atoms with E-state index in [1.165, 1.54) is 47.4 Å². The van der Waals surface area contributed by atoms with Crippen LogP contribution >= 0.6 is 0 Å². The molecule has 0 aromatic heterocycles. The van der Waals surface area contributed by atoms with Crippen molar-refractivity contribution in [1.29, 1.82) is 0 Å². The van der Waals surface area contributed by atoms with Gasteiger partial charge in [0.1, 0.15) is 5.82 Å². The second-order valence-corrected chi connectivity index (χ2v) is 8.86. The first-order valence-corrected chi connectivity index (χ1v) is 10.6. The normalized spacial score (nSPS) is 17.0. The van der Waals surface area contributed by atoms with Gasteiger partial charge in [0.15, 0.2) is 0 Å². The van der Waals surface area contributed by atoms with Gasteiger partial charge >= 0.3 is 0 Å². The number of nitrogens with zero attached hydrogens (tertiary/aromatic N) is 1. The molecule has 1 aliphatic heterocycles. The molecule has 154 valence electrons. The van der Waals surface area contributed by atoms with Gasteiger partial charge in [-0.15, -0.1) is 0 Å². The first-order chi connectivity index (χ1) is 13.7. The molecule has 2 aromatic rings. The number of halogens is 1. The summed E-state index contributed by atoms with van der Waals surface area (Å²) < 4.78 is 40.7. The Morgan fingerprint density at radius 2 is 1.79 bits per heavy atom. The van der Waals surface area contributed by atoms with Gasteiger partial charge in [-0.1, -0.05) is 12.1 Å². The average molecular weight is 419 g/mol. The number of hydrogen-bond donors (Lipinski definition) is 2. The van der Waals surface area contributed by atoms with E-state index in [0.29, 0.717) is 5.69 Å². The van der Waals surface area contributed by atoms with Gasteiger partial charge in [-0.25, -0.2) is 17.5 Å². The van der Waals surface area contributed by atoms with Gasteiger partial charge in [-0.05, 0) is 50.2 Å². The van der Waals surface area contributed by atoms with Crippen LogP contribution in [0.4, 0.5) is 15.8 Å². The minimum Gasteiger partial charge on any atom is -0.326 e. The van der Waals surface area contributed by atoms with Crippen LogP contribution in [0.2, 0.25) is 0 Å². The molecule has 1 atom stereocenters. The van der Waals surface area contributed by atoms with Crippen LogP contribution in [0.5, 0.6) is 0 Å². The molecule has 0 bridgehead atoms. The Labute approximate surface area is 169 Å². The van der Waals surface area contributed by atoms with Crippen molar-refractivity contribution in [2.75, 3.05) is 16.8 Å². The van der Waals surface area contributed by atoms with Gasteiger partial charge in [0.05, 0.1) is 16.5 Å². The Morgan fingerprint density at radius 1 is 1.14 bits per heavy atom. The molecule has 3 rings (SSSR count). The van der Waals surface area contributed by atoms with Gasteiger partial charge in [0, 0.05) is 24.7 Å². The highest BCUT2D eigenvalue weighted by molar-refractivity contribution is 7.89. The number of rotatable bonds is 6. The second-order valence-electron chi connectivity index (χ2n) is 7.15. The fraction of sp³-hybridized carbons (Fsp3) is 0.300. The van der Waals surface area contributed by atoms with Crippen molar-refractivity contribution in [2.24, 2.45) is 5.92 Å². The quantitative estimate of drug-likeness (QED) is 0.752. The van der Waals surface area contributed by atoms with E-state index < -0.39 is 21.8 Å². The van der Waals surface area contributed by atoms with Gasteiger partial charge in [-0.2, -0.15) is 0 Å². The molecule has 9 heteroatoms. The molecule has 1 heterocycles. The molecule has 0 saturated carbocycles. The number of benzene rings is 2. The Balaban J connectivity index is 1.67. The van der Waals surface area contributed by atoms with Gasteiger partial charge in [0.2, 0.25) is 21.8 Å². The van der Waals surface area contributed by atoms with Crippen molar-refractivity contribution < 1.29 is 22.4 Å². The molecule has 2 N–H and O–H groups in total. The third-order valence-corrected chi connectivity index (χ3v) is 6.14. The zero-order chi connectivity index (χ0) is 21.2. The summed E-state index contributed by atoms with van der Waals surface area (Å²) in [5.41, 5.74) is 0.565. The fourth-order valence-corrected chi connectivity index (χ4v) is 4.38. The third-order valence-electron chi connectivity index (χ3n) is 4.46. The molecule has 7 nitrogen and oxygen atoms in total. The van der Waals surface area contributed by atoms with E-state index in [2.05, 4.69) is 10.0 Å². The van der Waals surface area contributed by atoms with Gasteiger partial charge in [0.25, 0.3) is 0 Å². The van der Waals surface area contributed by atoms with Crippen LogP contribution in [0.25, 0.3) is 0 Å². The van der Waals surface area contributed by atoms with Crippen LogP contribution in [0.3, 0.4) is 0 Å². The van der Waals surface area contributed by atoms with Crippen molar-refractivity contribution in [3.63, 3.8) is 0 Å². The number of nitrogens with one attached hydrogen (secondary N) is 2. The fourth-order valence-electron chi connectivity index (χ4n) is 3.13. The van der Waals surface area contributed by atoms with E-state index in [9.17, 15) is 22.4 Å². The molecule has 2 aromatic carbocycles. The number of sulfonamides is 1. The molecule has 29 heavy (non-hydrogen) atoms. The van der Waals surface area contributed by atoms with Crippen LogP contribution in [-0.2, 0) is 19.6 Å². The average Bonchev–Trinajstić information content (AvgIpc) is 3.03. The smallest absolute Gasteiger partial charge is 0.240 e. The molecule has 1 unspecified atom stereocenters. The Morgan fingerprint density at radius 3 is 2.41 bits per heavy atom. The highest BCUT2D eigenvalue weighted by Gasteiger charge is 2.36. The summed E-state index contributed by atoms with van der Waals surface area (Å²) in [6.07, 6.45) is -0.0229. The zero-order valence-electron chi connectivity index (χ0n) is 16.1. The SMILES string of the molecule is CC(C)NS(=O)(=O)c1ccc(NC(=O)C2CC(=O)N(c3ccccc3F)C2)cc1. The van der Waals surface area contributed by atoms with Gasteiger partial charge < -0.3 is 10.2 Å². The Hall–Kier alpha value is -2.78. The van der Waals surface area contributed by atoms with Crippen molar-refractivity contribution in [2.45, 2.75) is 31.2 Å². The molecule has 1 saturated heterocycles. The highest BCUT2D eigenvalue weighted by Crippen LogP contribution is 2.28. The number of hydrogen-bond acceptors (Lipinski definition) is 4. The number of carbonyl (C=O) groups is 2. The lowest BCUT2D eigenvalue weighted by molar-refractivity contribution is -0.122. The third kappa shape index (κ3) is 4.80. The molecule has 0 spiro atoms. The zero-order valence-corrected chi connectivity index (χ0v) is 16.9.